The van der Waals surface area contributed by atoms with Crippen molar-refractivity contribution in [1.29, 1.82) is 0 Å². The molecule has 208 valence electrons. The Hall–Kier alpha value is -3.66. The second-order valence-corrected chi connectivity index (χ2v) is 10.8. The summed E-state index contributed by atoms with van der Waals surface area (Å²) >= 11 is 6.48. The molecule has 2 aromatic carbocycles. The highest BCUT2D eigenvalue weighted by Crippen LogP contribution is 2.33. The van der Waals surface area contributed by atoms with E-state index in [0.29, 0.717) is 40.9 Å². The predicted molar refractivity (Wildman–Crippen MR) is 159 cm³/mol. The van der Waals surface area contributed by atoms with Crippen LogP contribution in [0.4, 0.5) is 17.3 Å². The molecule has 10 heteroatoms. The Balaban J connectivity index is 1.36. The lowest BCUT2D eigenvalue weighted by Crippen LogP contribution is -2.44. The van der Waals surface area contributed by atoms with Crippen molar-refractivity contribution in [2.24, 2.45) is 0 Å². The Morgan fingerprint density at radius 3 is 2.67 bits per heavy atom. The number of pyridine rings is 1. The van der Waals surface area contributed by atoms with Crippen LogP contribution in [-0.2, 0) is 11.3 Å². The molecule has 0 radical (unpaired) electrons. The van der Waals surface area contributed by atoms with Gasteiger partial charge in [0.05, 0.1) is 25.4 Å². The van der Waals surface area contributed by atoms with Gasteiger partial charge in [-0.2, -0.15) is 4.98 Å². The van der Waals surface area contributed by atoms with Gasteiger partial charge in [-0.05, 0) is 44.2 Å². The highest BCUT2D eigenvalue weighted by molar-refractivity contribution is 6.33. The van der Waals surface area contributed by atoms with Crippen molar-refractivity contribution in [2.75, 3.05) is 57.2 Å². The minimum Gasteiger partial charge on any atom is -0.495 e. The Morgan fingerprint density at radius 1 is 1.10 bits per heavy atom. The van der Waals surface area contributed by atoms with E-state index < -0.39 is 0 Å². The second kappa shape index (κ2) is 11.4. The molecule has 0 spiro atoms. The maximum Gasteiger partial charge on any atom is 0.260 e. The molecule has 1 N–H and O–H groups in total. The third-order valence-corrected chi connectivity index (χ3v) is 8.01. The van der Waals surface area contributed by atoms with Crippen LogP contribution < -0.4 is 20.5 Å². The number of benzene rings is 2. The van der Waals surface area contributed by atoms with Gasteiger partial charge in [-0.1, -0.05) is 29.8 Å². The number of nitrogens with zero attached hydrogens (tertiary/aromatic N) is 5. The van der Waals surface area contributed by atoms with Crippen molar-refractivity contribution in [1.82, 2.24) is 19.4 Å². The largest absolute Gasteiger partial charge is 0.495 e. The quantitative estimate of drug-likeness (QED) is 0.345. The van der Waals surface area contributed by atoms with Crippen molar-refractivity contribution < 1.29 is 9.47 Å². The molecule has 4 heterocycles. The van der Waals surface area contributed by atoms with Crippen LogP contribution in [0.2, 0.25) is 5.02 Å². The van der Waals surface area contributed by atoms with E-state index in [1.165, 1.54) is 0 Å². The van der Waals surface area contributed by atoms with E-state index >= 15 is 0 Å². The van der Waals surface area contributed by atoms with E-state index in [1.54, 1.807) is 23.9 Å². The van der Waals surface area contributed by atoms with E-state index in [4.69, 9.17) is 26.1 Å². The van der Waals surface area contributed by atoms with Gasteiger partial charge in [0.25, 0.3) is 5.56 Å². The molecule has 6 rings (SSSR count). The minimum absolute atomic E-state index is 0.0415. The predicted octanol–water partition coefficient (Wildman–Crippen LogP) is 4.79. The average Bonchev–Trinajstić information content (AvgIpc) is 3.49. The Morgan fingerprint density at radius 2 is 1.93 bits per heavy atom. The molecule has 2 aliphatic rings. The smallest absolute Gasteiger partial charge is 0.260 e. The molecule has 40 heavy (non-hydrogen) atoms. The molecular weight excluding hydrogens is 528 g/mol. The number of hydrogen-bond acceptors (Lipinski definition) is 8. The number of methoxy groups -OCH3 is 1. The fourth-order valence-electron chi connectivity index (χ4n) is 5.45. The monoisotopic (exact) mass is 560 g/mol. The SMILES string of the molecule is COc1cc(Nc2ncc3cc(-c4ccccc4Cl)c(=O)n(C[C@H]4CCCO4)c3n2)ccc1N1CCN(C)CC1. The van der Waals surface area contributed by atoms with E-state index in [0.717, 1.165) is 61.5 Å². The number of ether oxygens (including phenoxy) is 2. The standard InChI is InChI=1S/C30H33ClN6O3/c1-35-11-13-36(14-12-35)26-10-9-21(17-27(26)39-2)33-30-32-18-20-16-24(23-7-3-4-8-25(23)31)29(38)37(28(20)34-30)19-22-6-5-15-40-22/h3-4,7-10,16-18,22H,5-6,11-15,19H2,1-2H3,(H,32,33,34)/t22-/m1/s1. The zero-order valence-electron chi connectivity index (χ0n) is 22.8. The van der Waals surface area contributed by atoms with E-state index in [1.807, 2.05) is 36.4 Å². The van der Waals surface area contributed by atoms with Crippen molar-refractivity contribution >= 4 is 40.0 Å². The van der Waals surface area contributed by atoms with Gasteiger partial charge in [0.1, 0.15) is 11.4 Å². The third-order valence-electron chi connectivity index (χ3n) is 7.68. The van der Waals surface area contributed by atoms with Crippen LogP contribution in [0.5, 0.6) is 5.75 Å². The number of hydrogen-bond donors (Lipinski definition) is 1. The molecule has 0 amide bonds. The van der Waals surface area contributed by atoms with Crippen LogP contribution in [0.25, 0.3) is 22.2 Å². The highest BCUT2D eigenvalue weighted by Gasteiger charge is 2.22. The summed E-state index contributed by atoms with van der Waals surface area (Å²) in [5.74, 6) is 1.18. The summed E-state index contributed by atoms with van der Waals surface area (Å²) in [6, 6.07) is 15.2. The number of nitrogens with one attached hydrogen (secondary N) is 1. The van der Waals surface area contributed by atoms with Crippen molar-refractivity contribution in [3.63, 3.8) is 0 Å². The van der Waals surface area contributed by atoms with Gasteiger partial charge in [0.15, 0.2) is 0 Å². The molecule has 9 nitrogen and oxygen atoms in total. The number of fused-ring (bicyclic) bond motifs is 1. The zero-order chi connectivity index (χ0) is 27.6. The molecule has 0 saturated carbocycles. The summed E-state index contributed by atoms with van der Waals surface area (Å²) in [4.78, 5) is 27.9. The molecule has 2 aliphatic heterocycles. The Kier molecular flexibility index (Phi) is 7.60. The molecule has 0 bridgehead atoms. The topological polar surface area (TPSA) is 84.7 Å². The summed E-state index contributed by atoms with van der Waals surface area (Å²) < 4.78 is 13.3. The molecule has 2 saturated heterocycles. The van der Waals surface area contributed by atoms with Crippen molar-refractivity contribution in [3.05, 3.63) is 70.1 Å². The Bertz CT molecular complexity index is 1580. The molecule has 0 unspecified atom stereocenters. The summed E-state index contributed by atoms with van der Waals surface area (Å²) in [7, 11) is 3.83. The summed E-state index contributed by atoms with van der Waals surface area (Å²) in [6.45, 7) is 5.05. The maximum atomic E-state index is 13.8. The van der Waals surface area contributed by atoms with Gasteiger partial charge in [-0.15, -0.1) is 0 Å². The number of anilines is 3. The van der Waals surface area contributed by atoms with E-state index in [-0.39, 0.29) is 11.7 Å². The summed E-state index contributed by atoms with van der Waals surface area (Å²) in [5, 5.41) is 4.58. The summed E-state index contributed by atoms with van der Waals surface area (Å²) in [6.07, 6.45) is 3.58. The average molecular weight is 561 g/mol. The van der Waals surface area contributed by atoms with Gasteiger partial charge in [0.2, 0.25) is 5.95 Å². The van der Waals surface area contributed by atoms with Crippen LogP contribution in [0.3, 0.4) is 0 Å². The number of halogens is 1. The number of likely N-dealkylation sites (N-methyl/N-ethyl adjacent to an activating group) is 1. The van der Waals surface area contributed by atoms with Crippen LogP contribution >= 0.6 is 11.6 Å². The van der Waals surface area contributed by atoms with Crippen molar-refractivity contribution in [3.8, 4) is 16.9 Å². The fraction of sp³-hybridized carbons (Fsp3) is 0.367. The molecule has 0 aliphatic carbocycles. The highest BCUT2D eigenvalue weighted by atomic mass is 35.5. The first-order valence-corrected chi connectivity index (χ1v) is 14.0. The normalized spacial score (nSPS) is 17.9. The van der Waals surface area contributed by atoms with Crippen LogP contribution in [0, 0.1) is 0 Å². The van der Waals surface area contributed by atoms with Gasteiger partial charge >= 0.3 is 0 Å². The fourth-order valence-corrected chi connectivity index (χ4v) is 5.68. The molecule has 2 fully saturated rings. The lowest BCUT2D eigenvalue weighted by molar-refractivity contribution is 0.0971. The van der Waals surface area contributed by atoms with Gasteiger partial charge in [-0.25, -0.2) is 4.98 Å². The van der Waals surface area contributed by atoms with Gasteiger partial charge in [-0.3, -0.25) is 9.36 Å². The number of aromatic nitrogens is 3. The molecule has 4 aromatic rings. The number of rotatable bonds is 7. The minimum atomic E-state index is -0.154. The van der Waals surface area contributed by atoms with Gasteiger partial charge in [0, 0.05) is 72.3 Å². The second-order valence-electron chi connectivity index (χ2n) is 10.4. The zero-order valence-corrected chi connectivity index (χ0v) is 23.5. The first-order valence-electron chi connectivity index (χ1n) is 13.7. The van der Waals surface area contributed by atoms with E-state index in [2.05, 4.69) is 33.2 Å². The number of piperazine rings is 1. The summed E-state index contributed by atoms with van der Waals surface area (Å²) in [5.41, 5.74) is 3.47. The Labute approximate surface area is 238 Å². The van der Waals surface area contributed by atoms with Crippen LogP contribution in [0.15, 0.2) is 59.5 Å². The van der Waals surface area contributed by atoms with Gasteiger partial charge < -0.3 is 24.6 Å². The third kappa shape index (κ3) is 5.37. The van der Waals surface area contributed by atoms with Crippen molar-refractivity contribution in [2.45, 2.75) is 25.5 Å². The molecule has 2 aromatic heterocycles. The van der Waals surface area contributed by atoms with Crippen LogP contribution in [0.1, 0.15) is 12.8 Å². The lowest BCUT2D eigenvalue weighted by atomic mass is 10.1. The molecule has 1 atom stereocenters. The lowest BCUT2D eigenvalue weighted by Gasteiger charge is -2.34. The van der Waals surface area contributed by atoms with E-state index in [9.17, 15) is 4.79 Å². The first-order chi connectivity index (χ1) is 19.5. The molecular formula is C30H33ClN6O3. The first kappa shape index (κ1) is 26.6. The maximum absolute atomic E-state index is 13.8. The van der Waals surface area contributed by atoms with Crippen LogP contribution in [-0.4, -0.2) is 72.5 Å².